The van der Waals surface area contributed by atoms with Crippen LogP contribution in [0.15, 0.2) is 12.2 Å². The van der Waals surface area contributed by atoms with Crippen LogP contribution >= 0.6 is 0 Å². The van der Waals surface area contributed by atoms with E-state index in [2.05, 4.69) is 6.58 Å². The van der Waals surface area contributed by atoms with E-state index in [-0.39, 0.29) is 0 Å². The molecule has 0 aromatic carbocycles. The molecule has 0 rings (SSSR count). The molecule has 0 fully saturated rings. The summed E-state index contributed by atoms with van der Waals surface area (Å²) >= 11 is 0. The Balaban J connectivity index is 4.35. The molecule has 0 aromatic rings. The number of rotatable bonds is 4. The van der Waals surface area contributed by atoms with E-state index in [1.807, 2.05) is 0 Å². The summed E-state index contributed by atoms with van der Waals surface area (Å²) in [5.41, 5.74) is -0.892. The van der Waals surface area contributed by atoms with Gasteiger partial charge in [-0.25, -0.2) is 4.79 Å². The lowest BCUT2D eigenvalue weighted by molar-refractivity contribution is -0.643. The van der Waals surface area contributed by atoms with Crippen LogP contribution in [0.5, 0.6) is 0 Å². The molecule has 0 bridgehead atoms. The second kappa shape index (κ2) is 3.24. The highest BCUT2D eigenvalue weighted by atomic mass is 19.3. The van der Waals surface area contributed by atoms with Gasteiger partial charge in [0.15, 0.2) is 0 Å². The first-order chi connectivity index (χ1) is 5.27. The minimum absolute atomic E-state index is 0.892. The Kier molecular flexibility index (Phi) is 2.83. The summed E-state index contributed by atoms with van der Waals surface area (Å²) in [7, 11) is 0. The lowest BCUT2D eigenvalue weighted by Gasteiger charge is -2.05. The fourth-order valence-electron chi connectivity index (χ4n) is 0.397. The Bertz CT molecular complexity index is 238. The summed E-state index contributed by atoms with van der Waals surface area (Å²) in [5.74, 6) is -1.67. The molecule has 1 N–H and O–H groups in total. The first-order valence-electron chi connectivity index (χ1n) is 2.71. The maximum atomic E-state index is 12.1. The summed E-state index contributed by atoms with van der Waals surface area (Å²) in [6.45, 7) is 2.74. The van der Waals surface area contributed by atoms with Gasteiger partial charge in [0.05, 0.1) is 4.92 Å². The Morgan fingerprint density at radius 2 is 2.08 bits per heavy atom. The smallest absolute Gasteiger partial charge is 0.478 e. The van der Waals surface area contributed by atoms with Crippen LogP contribution in [-0.4, -0.2) is 22.0 Å². The molecule has 0 saturated heterocycles. The van der Waals surface area contributed by atoms with E-state index in [0.29, 0.717) is 0 Å². The molecule has 0 aliphatic rings. The minimum Gasteiger partial charge on any atom is -0.478 e. The summed E-state index contributed by atoms with van der Waals surface area (Å²) in [4.78, 5) is 17.7. The van der Waals surface area contributed by atoms with Gasteiger partial charge in [-0.05, 0) is 0 Å². The lowest BCUT2D eigenvalue weighted by Crippen LogP contribution is -2.29. The molecule has 0 unspecified atom stereocenters. The van der Waals surface area contributed by atoms with Crippen LogP contribution in [0.3, 0.4) is 0 Å². The van der Waals surface area contributed by atoms with Crippen molar-refractivity contribution >= 4 is 5.97 Å². The monoisotopic (exact) mass is 181 g/mol. The molecule has 0 heterocycles. The molecule has 0 atom stereocenters. The summed E-state index contributed by atoms with van der Waals surface area (Å²) < 4.78 is 24.3. The maximum Gasteiger partial charge on any atom is 0.514 e. The molecule has 68 valence electrons. The van der Waals surface area contributed by atoms with Crippen LogP contribution in [0.25, 0.3) is 0 Å². The van der Waals surface area contributed by atoms with Gasteiger partial charge in [0.1, 0.15) is 6.42 Å². The van der Waals surface area contributed by atoms with Crippen molar-refractivity contribution in [2.24, 2.45) is 0 Å². The number of alkyl halides is 2. The van der Waals surface area contributed by atoms with Crippen molar-refractivity contribution in [3.8, 4) is 0 Å². The number of hydrogen-bond acceptors (Lipinski definition) is 3. The van der Waals surface area contributed by atoms with Crippen molar-refractivity contribution < 1.29 is 23.6 Å². The highest BCUT2D eigenvalue weighted by Gasteiger charge is 2.45. The van der Waals surface area contributed by atoms with Crippen LogP contribution in [0.2, 0.25) is 0 Å². The number of halogens is 2. The SMILES string of the molecule is C=C(CC(F)(F)[N+](=O)[O-])C(=O)O. The second-order valence-corrected chi connectivity index (χ2v) is 2.01. The molecule has 0 radical (unpaired) electrons. The molecule has 0 amide bonds. The van der Waals surface area contributed by atoms with E-state index < -0.39 is 28.9 Å². The normalized spacial score (nSPS) is 10.8. The average molecular weight is 181 g/mol. The van der Waals surface area contributed by atoms with E-state index in [1.54, 1.807) is 0 Å². The number of aliphatic carboxylic acids is 1. The van der Waals surface area contributed by atoms with E-state index in [0.717, 1.165) is 0 Å². The zero-order valence-electron chi connectivity index (χ0n) is 5.79. The van der Waals surface area contributed by atoms with Crippen molar-refractivity contribution in [1.29, 1.82) is 0 Å². The quantitative estimate of drug-likeness (QED) is 0.302. The first-order valence-corrected chi connectivity index (χ1v) is 2.71. The topological polar surface area (TPSA) is 80.4 Å². The van der Waals surface area contributed by atoms with Gasteiger partial charge < -0.3 is 5.11 Å². The van der Waals surface area contributed by atoms with Gasteiger partial charge in [0, 0.05) is 5.57 Å². The second-order valence-electron chi connectivity index (χ2n) is 2.01. The van der Waals surface area contributed by atoms with Crippen molar-refractivity contribution in [3.05, 3.63) is 22.3 Å². The van der Waals surface area contributed by atoms with E-state index >= 15 is 0 Å². The summed E-state index contributed by atoms with van der Waals surface area (Å²) in [5, 5.41) is 17.7. The standard InChI is InChI=1S/C5H5F2NO4/c1-3(4(9)10)2-5(6,7)8(11)12/h1-2H2,(H,9,10). The highest BCUT2D eigenvalue weighted by Crippen LogP contribution is 2.22. The average Bonchev–Trinajstić information content (AvgIpc) is 1.85. The van der Waals surface area contributed by atoms with Gasteiger partial charge in [-0.15, -0.1) is 8.78 Å². The Labute approximate surface area is 65.4 Å². The fraction of sp³-hybridized carbons (Fsp3) is 0.400. The van der Waals surface area contributed by atoms with Gasteiger partial charge in [0.2, 0.25) is 0 Å². The molecule has 0 aromatic heterocycles. The third-order valence-electron chi connectivity index (χ3n) is 0.996. The largest absolute Gasteiger partial charge is 0.514 e. The molecule has 0 aliphatic carbocycles. The first kappa shape index (κ1) is 10.5. The van der Waals surface area contributed by atoms with Crippen LogP contribution < -0.4 is 0 Å². The van der Waals surface area contributed by atoms with Crippen LogP contribution in [0.4, 0.5) is 8.78 Å². The maximum absolute atomic E-state index is 12.1. The molecule has 12 heavy (non-hydrogen) atoms. The molecule has 0 aliphatic heterocycles. The van der Waals surface area contributed by atoms with Crippen LogP contribution in [0.1, 0.15) is 6.42 Å². The minimum atomic E-state index is -4.25. The number of carbonyl (C=O) groups is 1. The molecule has 7 heteroatoms. The fourth-order valence-corrected chi connectivity index (χ4v) is 0.397. The zero-order valence-corrected chi connectivity index (χ0v) is 5.79. The van der Waals surface area contributed by atoms with Crippen LogP contribution in [0, 0.1) is 10.1 Å². The molecule has 5 nitrogen and oxygen atoms in total. The zero-order chi connectivity index (χ0) is 9.94. The Hall–Kier alpha value is -1.53. The number of nitrogens with zero attached hydrogens (tertiary/aromatic N) is 1. The van der Waals surface area contributed by atoms with Crippen molar-refractivity contribution in [2.45, 2.75) is 12.5 Å². The van der Waals surface area contributed by atoms with Gasteiger partial charge >= 0.3 is 12.0 Å². The van der Waals surface area contributed by atoms with Crippen molar-refractivity contribution in [1.82, 2.24) is 0 Å². The highest BCUT2D eigenvalue weighted by molar-refractivity contribution is 5.85. The van der Waals surface area contributed by atoms with E-state index in [1.165, 1.54) is 0 Å². The number of carboxylic acid groups (broad SMARTS) is 1. The Morgan fingerprint density at radius 3 is 2.33 bits per heavy atom. The van der Waals surface area contributed by atoms with Crippen LogP contribution in [-0.2, 0) is 4.79 Å². The molecular formula is C5H5F2NO4. The van der Waals surface area contributed by atoms with Gasteiger partial charge in [0.25, 0.3) is 0 Å². The summed E-state index contributed by atoms with van der Waals surface area (Å²) in [6.07, 6.45) is -1.48. The lowest BCUT2D eigenvalue weighted by atomic mass is 10.2. The predicted molar refractivity (Wildman–Crippen MR) is 33.3 cm³/mol. The summed E-state index contributed by atoms with van der Waals surface area (Å²) in [6, 6.07) is -4.25. The van der Waals surface area contributed by atoms with Gasteiger partial charge in [-0.2, -0.15) is 0 Å². The van der Waals surface area contributed by atoms with Crippen molar-refractivity contribution in [2.75, 3.05) is 0 Å². The van der Waals surface area contributed by atoms with Crippen molar-refractivity contribution in [3.63, 3.8) is 0 Å². The predicted octanol–water partition coefficient (Wildman–Crippen LogP) is 0.887. The van der Waals surface area contributed by atoms with E-state index in [9.17, 15) is 23.7 Å². The number of hydrogen-bond donors (Lipinski definition) is 1. The molecule has 0 saturated carbocycles. The number of carboxylic acids is 1. The van der Waals surface area contributed by atoms with Gasteiger partial charge in [-0.1, -0.05) is 6.58 Å². The van der Waals surface area contributed by atoms with E-state index in [4.69, 9.17) is 5.11 Å². The third kappa shape index (κ3) is 2.60. The molecular weight excluding hydrogens is 176 g/mol. The number of nitro groups is 1. The molecule has 0 spiro atoms. The van der Waals surface area contributed by atoms with Gasteiger partial charge in [-0.3, -0.25) is 10.1 Å². The third-order valence-corrected chi connectivity index (χ3v) is 0.996. The Morgan fingerprint density at radius 1 is 1.67 bits per heavy atom.